The number of aryl methyl sites for hydroxylation is 1. The third kappa shape index (κ3) is 3.40. The van der Waals surface area contributed by atoms with E-state index in [1.807, 2.05) is 19.1 Å². The van der Waals surface area contributed by atoms with Crippen LogP contribution in [-0.4, -0.2) is 20.9 Å². The predicted molar refractivity (Wildman–Crippen MR) is 88.5 cm³/mol. The van der Waals surface area contributed by atoms with E-state index in [4.69, 9.17) is 10.2 Å². The van der Waals surface area contributed by atoms with E-state index in [9.17, 15) is 4.79 Å². The normalized spacial score (nSPS) is 10.2. The molecule has 0 spiro atoms. The lowest BCUT2D eigenvalue weighted by molar-refractivity contribution is 0.0935. The molecule has 0 aromatic carbocycles. The Morgan fingerprint density at radius 1 is 1.17 bits per heavy atom. The molecule has 122 valence electrons. The number of hydrogen-bond acceptors (Lipinski definition) is 8. The van der Waals surface area contributed by atoms with Crippen LogP contribution in [0.4, 0.5) is 23.1 Å². The van der Waals surface area contributed by atoms with E-state index in [2.05, 4.69) is 31.1 Å². The number of rotatable bonds is 5. The standard InChI is InChI=1S/C15H15N7O2/c1-9-4-2-6-11(19-9)20-13-12(16)14(18-8-17-13)21-22-15(23)10-5-3-7-24-10/h2-8H,16H2,1H3,(H,22,23)(H2,17,18,19,20,21). The molecule has 0 radical (unpaired) electrons. The molecule has 9 heteroatoms. The monoisotopic (exact) mass is 325 g/mol. The fourth-order valence-corrected chi connectivity index (χ4v) is 1.91. The van der Waals surface area contributed by atoms with Gasteiger partial charge in [-0.05, 0) is 31.2 Å². The smallest absolute Gasteiger partial charge is 0.305 e. The molecule has 3 aromatic heterocycles. The van der Waals surface area contributed by atoms with Gasteiger partial charge in [0.2, 0.25) is 0 Å². The van der Waals surface area contributed by atoms with Crippen LogP contribution in [0.15, 0.2) is 47.3 Å². The van der Waals surface area contributed by atoms with E-state index in [1.165, 1.54) is 18.7 Å². The molecular formula is C15H15N7O2. The Labute approximate surface area is 137 Å². The van der Waals surface area contributed by atoms with Crippen LogP contribution in [0.5, 0.6) is 0 Å². The van der Waals surface area contributed by atoms with Crippen LogP contribution in [0.2, 0.25) is 0 Å². The van der Waals surface area contributed by atoms with Crippen LogP contribution < -0.4 is 21.9 Å². The lowest BCUT2D eigenvalue weighted by Gasteiger charge is -2.12. The van der Waals surface area contributed by atoms with Gasteiger partial charge in [0.05, 0.1) is 6.26 Å². The molecule has 0 saturated carbocycles. The van der Waals surface area contributed by atoms with E-state index >= 15 is 0 Å². The fraction of sp³-hybridized carbons (Fsp3) is 0.0667. The van der Waals surface area contributed by atoms with Gasteiger partial charge in [-0.3, -0.25) is 15.6 Å². The predicted octanol–water partition coefficient (Wildman–Crippen LogP) is 1.86. The molecule has 0 aliphatic heterocycles. The number of nitrogens with zero attached hydrogens (tertiary/aromatic N) is 3. The summed E-state index contributed by atoms with van der Waals surface area (Å²) in [7, 11) is 0. The Bertz CT molecular complexity index is 849. The number of aromatic nitrogens is 3. The quantitative estimate of drug-likeness (QED) is 0.523. The van der Waals surface area contributed by atoms with Gasteiger partial charge in [0.1, 0.15) is 17.8 Å². The average molecular weight is 325 g/mol. The first-order valence-corrected chi connectivity index (χ1v) is 7.04. The molecule has 3 heterocycles. The van der Waals surface area contributed by atoms with E-state index in [0.717, 1.165) is 5.69 Å². The van der Waals surface area contributed by atoms with Crippen molar-refractivity contribution in [3.63, 3.8) is 0 Å². The highest BCUT2D eigenvalue weighted by Gasteiger charge is 2.12. The first-order chi connectivity index (χ1) is 11.6. The number of nitrogen functional groups attached to an aromatic ring is 1. The molecule has 1 amide bonds. The van der Waals surface area contributed by atoms with E-state index in [0.29, 0.717) is 11.6 Å². The van der Waals surface area contributed by atoms with Gasteiger partial charge in [-0.25, -0.2) is 15.0 Å². The van der Waals surface area contributed by atoms with E-state index in [1.54, 1.807) is 12.1 Å². The molecule has 9 nitrogen and oxygen atoms in total. The summed E-state index contributed by atoms with van der Waals surface area (Å²) >= 11 is 0. The number of hydrogen-bond donors (Lipinski definition) is 4. The number of nitrogens with one attached hydrogen (secondary N) is 3. The van der Waals surface area contributed by atoms with Gasteiger partial charge < -0.3 is 15.5 Å². The van der Waals surface area contributed by atoms with Crippen LogP contribution in [0.3, 0.4) is 0 Å². The summed E-state index contributed by atoms with van der Waals surface area (Å²) in [5.74, 6) is 0.939. The van der Waals surface area contributed by atoms with Gasteiger partial charge in [0, 0.05) is 5.69 Å². The Balaban J connectivity index is 1.72. The van der Waals surface area contributed by atoms with Crippen molar-refractivity contribution in [1.29, 1.82) is 0 Å². The Hall–Kier alpha value is -3.62. The number of anilines is 4. The zero-order valence-corrected chi connectivity index (χ0v) is 12.8. The minimum atomic E-state index is -0.451. The number of carbonyl (C=O) groups excluding carboxylic acids is 1. The number of amides is 1. The van der Waals surface area contributed by atoms with Crippen molar-refractivity contribution in [1.82, 2.24) is 20.4 Å². The van der Waals surface area contributed by atoms with Crippen molar-refractivity contribution < 1.29 is 9.21 Å². The van der Waals surface area contributed by atoms with Crippen LogP contribution in [0, 0.1) is 6.92 Å². The Morgan fingerprint density at radius 3 is 2.75 bits per heavy atom. The van der Waals surface area contributed by atoms with Crippen LogP contribution in [0.1, 0.15) is 16.2 Å². The maximum Gasteiger partial charge on any atom is 0.305 e. The van der Waals surface area contributed by atoms with Crippen LogP contribution >= 0.6 is 0 Å². The number of carbonyl (C=O) groups is 1. The number of hydrazine groups is 1. The Morgan fingerprint density at radius 2 is 2.00 bits per heavy atom. The second-order valence-corrected chi connectivity index (χ2v) is 4.83. The molecule has 0 fully saturated rings. The molecule has 0 atom stereocenters. The van der Waals surface area contributed by atoms with Crippen LogP contribution in [0.25, 0.3) is 0 Å². The lowest BCUT2D eigenvalue weighted by Crippen LogP contribution is -2.30. The third-order valence-electron chi connectivity index (χ3n) is 3.06. The second-order valence-electron chi connectivity index (χ2n) is 4.83. The summed E-state index contributed by atoms with van der Waals surface area (Å²) in [5.41, 5.74) is 12.2. The van der Waals surface area contributed by atoms with Crippen molar-refractivity contribution in [2.45, 2.75) is 6.92 Å². The molecule has 3 aromatic rings. The third-order valence-corrected chi connectivity index (χ3v) is 3.06. The Kier molecular flexibility index (Phi) is 4.23. The topological polar surface area (TPSA) is 131 Å². The highest BCUT2D eigenvalue weighted by molar-refractivity contribution is 5.92. The molecule has 3 rings (SSSR count). The molecule has 0 unspecified atom stereocenters. The maximum atomic E-state index is 11.8. The molecule has 0 aliphatic rings. The first kappa shape index (κ1) is 15.3. The number of furan rings is 1. The molecule has 0 saturated heterocycles. The minimum Gasteiger partial charge on any atom is -0.459 e. The summed E-state index contributed by atoms with van der Waals surface area (Å²) in [6.07, 6.45) is 2.72. The van der Waals surface area contributed by atoms with Crippen molar-refractivity contribution >= 4 is 29.0 Å². The first-order valence-electron chi connectivity index (χ1n) is 7.04. The largest absolute Gasteiger partial charge is 0.459 e. The second kappa shape index (κ2) is 6.65. The number of pyridine rings is 1. The van der Waals surface area contributed by atoms with Crippen molar-refractivity contribution in [3.05, 3.63) is 54.4 Å². The average Bonchev–Trinajstić information content (AvgIpc) is 3.10. The summed E-state index contributed by atoms with van der Waals surface area (Å²) in [6.45, 7) is 1.88. The van der Waals surface area contributed by atoms with Crippen LogP contribution in [-0.2, 0) is 0 Å². The van der Waals surface area contributed by atoms with Gasteiger partial charge >= 0.3 is 5.91 Å². The summed E-state index contributed by atoms with van der Waals surface area (Å²) < 4.78 is 4.99. The summed E-state index contributed by atoms with van der Waals surface area (Å²) in [4.78, 5) is 24.2. The van der Waals surface area contributed by atoms with Crippen molar-refractivity contribution in [3.8, 4) is 0 Å². The minimum absolute atomic E-state index is 0.164. The van der Waals surface area contributed by atoms with E-state index in [-0.39, 0.29) is 17.3 Å². The molecule has 0 aliphatic carbocycles. The SMILES string of the molecule is Cc1cccc(Nc2ncnc(NNC(=O)c3ccco3)c2N)n1. The molecule has 24 heavy (non-hydrogen) atoms. The molecular weight excluding hydrogens is 310 g/mol. The number of nitrogens with two attached hydrogens (primary N) is 1. The fourth-order valence-electron chi connectivity index (χ4n) is 1.91. The summed E-state index contributed by atoms with van der Waals surface area (Å²) in [6, 6.07) is 8.69. The van der Waals surface area contributed by atoms with Gasteiger partial charge in [-0.15, -0.1) is 0 Å². The van der Waals surface area contributed by atoms with E-state index < -0.39 is 5.91 Å². The molecule has 0 bridgehead atoms. The maximum absolute atomic E-state index is 11.8. The van der Waals surface area contributed by atoms with Gasteiger partial charge in [0.25, 0.3) is 0 Å². The summed E-state index contributed by atoms with van der Waals surface area (Å²) in [5, 5.41) is 3.01. The van der Waals surface area contributed by atoms with Gasteiger partial charge in [-0.2, -0.15) is 0 Å². The van der Waals surface area contributed by atoms with Gasteiger partial charge in [0.15, 0.2) is 17.4 Å². The van der Waals surface area contributed by atoms with Crippen molar-refractivity contribution in [2.75, 3.05) is 16.5 Å². The zero-order chi connectivity index (χ0) is 16.9. The zero-order valence-electron chi connectivity index (χ0n) is 12.8. The van der Waals surface area contributed by atoms with Crippen molar-refractivity contribution in [2.24, 2.45) is 0 Å². The van der Waals surface area contributed by atoms with Gasteiger partial charge in [-0.1, -0.05) is 6.07 Å². The lowest BCUT2D eigenvalue weighted by atomic mass is 10.3. The highest BCUT2D eigenvalue weighted by Crippen LogP contribution is 2.24. The molecule has 5 N–H and O–H groups in total. The highest BCUT2D eigenvalue weighted by atomic mass is 16.3.